The minimum absolute atomic E-state index is 0.0511. The molecule has 0 fully saturated rings. The standard InChI is InChI=1S/C24H29N7O3S/c1-14-12-26-22(34-14)15-10-16-17(33-9-8-32-16)11-18(15)35-23-30-19-20(25)27-13-28-21(19)31(23)7-5-6-29-24(2,3)4/h10-13,29H,5-9H2,1-4H3,(H2,25,27,28). The minimum atomic E-state index is 0.0511. The van der Waals surface area contributed by atoms with E-state index in [0.717, 1.165) is 40.9 Å². The van der Waals surface area contributed by atoms with Crippen LogP contribution in [0.4, 0.5) is 5.82 Å². The molecule has 35 heavy (non-hydrogen) atoms. The van der Waals surface area contributed by atoms with Crippen molar-refractivity contribution in [2.45, 2.75) is 56.3 Å². The number of nitrogens with zero attached hydrogens (tertiary/aromatic N) is 5. The zero-order valence-corrected chi connectivity index (χ0v) is 21.1. The van der Waals surface area contributed by atoms with Crippen LogP contribution >= 0.6 is 11.8 Å². The van der Waals surface area contributed by atoms with Crippen molar-refractivity contribution < 1.29 is 13.9 Å². The molecule has 1 aliphatic heterocycles. The Morgan fingerprint density at radius 1 is 1.11 bits per heavy atom. The van der Waals surface area contributed by atoms with Crippen LogP contribution in [0.3, 0.4) is 0 Å². The average Bonchev–Trinajstić information content (AvgIpc) is 3.40. The summed E-state index contributed by atoms with van der Waals surface area (Å²) in [6.07, 6.45) is 4.07. The Bertz CT molecular complexity index is 1360. The fourth-order valence-electron chi connectivity index (χ4n) is 3.81. The van der Waals surface area contributed by atoms with Crippen molar-refractivity contribution in [2.75, 3.05) is 25.5 Å². The van der Waals surface area contributed by atoms with E-state index in [1.54, 1.807) is 6.20 Å². The van der Waals surface area contributed by atoms with Crippen molar-refractivity contribution in [3.05, 3.63) is 30.4 Å². The Morgan fingerprint density at radius 2 is 1.89 bits per heavy atom. The van der Waals surface area contributed by atoms with E-state index in [-0.39, 0.29) is 5.54 Å². The highest BCUT2D eigenvalue weighted by molar-refractivity contribution is 7.99. The molecule has 10 nitrogen and oxygen atoms in total. The molecule has 184 valence electrons. The highest BCUT2D eigenvalue weighted by Gasteiger charge is 2.23. The van der Waals surface area contributed by atoms with Crippen LogP contribution in [0.1, 0.15) is 33.0 Å². The first-order chi connectivity index (χ1) is 16.8. The Kier molecular flexibility index (Phi) is 6.28. The second kappa shape index (κ2) is 9.38. The Morgan fingerprint density at radius 3 is 2.60 bits per heavy atom. The number of fused-ring (bicyclic) bond motifs is 2. The molecule has 5 rings (SSSR count). The van der Waals surface area contributed by atoms with Gasteiger partial charge in [-0.1, -0.05) is 11.8 Å². The second-order valence-corrected chi connectivity index (χ2v) is 10.4. The lowest BCUT2D eigenvalue weighted by atomic mass is 10.1. The number of imidazole rings is 1. The maximum atomic E-state index is 6.15. The number of anilines is 1. The third-order valence-electron chi connectivity index (χ3n) is 5.44. The number of nitrogens with one attached hydrogen (secondary N) is 1. The summed E-state index contributed by atoms with van der Waals surface area (Å²) in [4.78, 5) is 18.8. The summed E-state index contributed by atoms with van der Waals surface area (Å²) in [7, 11) is 0. The number of rotatable bonds is 7. The first-order valence-corrected chi connectivity index (χ1v) is 12.4. The van der Waals surface area contributed by atoms with Crippen molar-refractivity contribution in [3.8, 4) is 23.0 Å². The van der Waals surface area contributed by atoms with Gasteiger partial charge in [-0.3, -0.25) is 0 Å². The molecule has 0 radical (unpaired) electrons. The molecule has 1 aromatic carbocycles. The normalized spacial score (nSPS) is 13.5. The molecule has 4 heterocycles. The Hall–Kier alpha value is -3.31. The SMILES string of the molecule is Cc1cnc(-c2cc3c(cc2Sc2nc4c(N)ncnc4n2CCCNC(C)(C)C)OCCO3)o1. The van der Waals surface area contributed by atoms with E-state index in [9.17, 15) is 0 Å². The predicted octanol–water partition coefficient (Wildman–Crippen LogP) is 4.07. The van der Waals surface area contributed by atoms with Crippen LogP contribution < -0.4 is 20.5 Å². The maximum Gasteiger partial charge on any atom is 0.227 e. The number of nitrogens with two attached hydrogens (primary N) is 1. The van der Waals surface area contributed by atoms with Gasteiger partial charge in [-0.2, -0.15) is 0 Å². The lowest BCUT2D eigenvalue weighted by Gasteiger charge is -2.21. The summed E-state index contributed by atoms with van der Waals surface area (Å²) < 4.78 is 19.6. The van der Waals surface area contributed by atoms with Gasteiger partial charge in [0, 0.05) is 17.0 Å². The highest BCUT2D eigenvalue weighted by atomic mass is 32.2. The number of aromatic nitrogens is 5. The van der Waals surface area contributed by atoms with E-state index in [2.05, 4.69) is 45.6 Å². The number of ether oxygens (including phenoxy) is 2. The quantitative estimate of drug-likeness (QED) is 0.362. The third kappa shape index (κ3) is 5.06. The van der Waals surface area contributed by atoms with Gasteiger partial charge < -0.3 is 29.5 Å². The van der Waals surface area contributed by atoms with Crippen molar-refractivity contribution in [3.63, 3.8) is 0 Å². The number of aryl methyl sites for hydroxylation is 2. The van der Waals surface area contributed by atoms with E-state index in [1.165, 1.54) is 18.1 Å². The summed E-state index contributed by atoms with van der Waals surface area (Å²) in [6, 6.07) is 3.87. The van der Waals surface area contributed by atoms with E-state index >= 15 is 0 Å². The van der Waals surface area contributed by atoms with Gasteiger partial charge in [-0.15, -0.1) is 0 Å². The van der Waals surface area contributed by atoms with Gasteiger partial charge in [0.2, 0.25) is 5.89 Å². The van der Waals surface area contributed by atoms with Gasteiger partial charge in [0.05, 0.1) is 11.8 Å². The molecule has 0 bridgehead atoms. The first-order valence-electron chi connectivity index (χ1n) is 11.5. The smallest absolute Gasteiger partial charge is 0.227 e. The number of benzene rings is 1. The van der Waals surface area contributed by atoms with Crippen LogP contribution in [0.25, 0.3) is 22.6 Å². The van der Waals surface area contributed by atoms with Crippen LogP contribution in [0.5, 0.6) is 11.5 Å². The van der Waals surface area contributed by atoms with Crippen molar-refractivity contribution in [1.29, 1.82) is 0 Å². The predicted molar refractivity (Wildman–Crippen MR) is 134 cm³/mol. The van der Waals surface area contributed by atoms with Gasteiger partial charge >= 0.3 is 0 Å². The fourth-order valence-corrected chi connectivity index (χ4v) is 4.86. The van der Waals surface area contributed by atoms with Gasteiger partial charge in [0.25, 0.3) is 0 Å². The zero-order chi connectivity index (χ0) is 24.6. The number of hydrogen-bond donors (Lipinski definition) is 2. The topological polar surface area (TPSA) is 126 Å². The molecule has 1 aliphatic rings. The molecule has 0 saturated heterocycles. The fraction of sp³-hybridized carbons (Fsp3) is 0.417. The number of oxazole rings is 1. The van der Waals surface area contributed by atoms with E-state index in [1.807, 2.05) is 19.1 Å². The molecule has 0 amide bonds. The van der Waals surface area contributed by atoms with Crippen molar-refractivity contribution in [1.82, 2.24) is 29.8 Å². The van der Waals surface area contributed by atoms with Gasteiger partial charge in [0.1, 0.15) is 25.3 Å². The molecule has 0 saturated carbocycles. The summed E-state index contributed by atoms with van der Waals surface area (Å²) >= 11 is 1.49. The lowest BCUT2D eigenvalue weighted by molar-refractivity contribution is 0.171. The first kappa shape index (κ1) is 23.4. The molecule has 0 unspecified atom stereocenters. The summed E-state index contributed by atoms with van der Waals surface area (Å²) in [5.41, 5.74) is 8.30. The van der Waals surface area contributed by atoms with Crippen LogP contribution in [0.2, 0.25) is 0 Å². The van der Waals surface area contributed by atoms with Gasteiger partial charge in [-0.05, 0) is 52.8 Å². The lowest BCUT2D eigenvalue weighted by Crippen LogP contribution is -2.36. The van der Waals surface area contributed by atoms with Gasteiger partial charge in [0.15, 0.2) is 33.6 Å². The van der Waals surface area contributed by atoms with Gasteiger partial charge in [-0.25, -0.2) is 19.9 Å². The second-order valence-electron chi connectivity index (χ2n) is 9.38. The zero-order valence-electron chi connectivity index (χ0n) is 20.3. The molecular weight excluding hydrogens is 466 g/mol. The highest BCUT2D eigenvalue weighted by Crippen LogP contribution is 2.44. The molecule has 3 aromatic heterocycles. The molecular formula is C24H29N7O3S. The van der Waals surface area contributed by atoms with Crippen molar-refractivity contribution >= 4 is 28.7 Å². The summed E-state index contributed by atoms with van der Waals surface area (Å²) in [5, 5.41) is 4.28. The molecule has 0 spiro atoms. The average molecular weight is 496 g/mol. The third-order valence-corrected chi connectivity index (χ3v) is 6.49. The summed E-state index contributed by atoms with van der Waals surface area (Å²) in [6.45, 7) is 10.9. The molecule has 3 N–H and O–H groups in total. The molecule has 0 atom stereocenters. The van der Waals surface area contributed by atoms with Crippen molar-refractivity contribution in [2.24, 2.45) is 0 Å². The monoisotopic (exact) mass is 495 g/mol. The van der Waals surface area contributed by atoms with E-state index in [4.69, 9.17) is 24.6 Å². The molecule has 0 aliphatic carbocycles. The van der Waals surface area contributed by atoms with E-state index in [0.29, 0.717) is 47.6 Å². The van der Waals surface area contributed by atoms with Crippen LogP contribution in [-0.4, -0.2) is 49.8 Å². The maximum absolute atomic E-state index is 6.15. The molecule has 4 aromatic rings. The largest absolute Gasteiger partial charge is 0.486 e. The van der Waals surface area contributed by atoms with Crippen LogP contribution in [0.15, 0.2) is 39.1 Å². The minimum Gasteiger partial charge on any atom is -0.486 e. The number of nitrogen functional groups attached to an aromatic ring is 1. The Labute approximate surface area is 207 Å². The van der Waals surface area contributed by atoms with E-state index < -0.39 is 0 Å². The van der Waals surface area contributed by atoms with Crippen LogP contribution in [-0.2, 0) is 6.54 Å². The summed E-state index contributed by atoms with van der Waals surface area (Å²) in [5.74, 6) is 2.95. The Balaban J connectivity index is 1.54. The number of hydrogen-bond acceptors (Lipinski definition) is 10. The molecule has 11 heteroatoms. The van der Waals surface area contributed by atoms with Crippen LogP contribution in [0, 0.1) is 6.92 Å².